The molecule has 1 heterocycles. The van der Waals surface area contributed by atoms with Crippen molar-refractivity contribution in [2.75, 3.05) is 0 Å². The number of carbonyl (C=O) groups is 1. The van der Waals surface area contributed by atoms with E-state index in [0.29, 0.717) is 10.4 Å². The highest BCUT2D eigenvalue weighted by atomic mass is 32.1. The fourth-order valence-corrected chi connectivity index (χ4v) is 1.38. The standard InChI is InChI=1S/C7H3FO2S/c8-6-1-3-5(11)2-4(9)7(3)10-6/h1H,2H2. The summed E-state index contributed by atoms with van der Waals surface area (Å²) < 4.78 is 16.9. The minimum absolute atomic E-state index is 0.0764. The highest BCUT2D eigenvalue weighted by Crippen LogP contribution is 2.25. The number of hydrogen-bond acceptors (Lipinski definition) is 3. The molecule has 0 aromatic carbocycles. The Bertz CT molecular complexity index is 322. The fraction of sp³-hybridized carbons (Fsp3) is 0.143. The Morgan fingerprint density at radius 2 is 2.36 bits per heavy atom. The van der Waals surface area contributed by atoms with Crippen LogP contribution in [0.1, 0.15) is 22.5 Å². The molecule has 0 fully saturated rings. The average molecular weight is 170 g/mol. The van der Waals surface area contributed by atoms with Crippen LogP contribution in [-0.4, -0.2) is 10.6 Å². The third-order valence-corrected chi connectivity index (χ3v) is 1.94. The van der Waals surface area contributed by atoms with E-state index in [9.17, 15) is 9.18 Å². The Balaban J connectivity index is 2.67. The van der Waals surface area contributed by atoms with Gasteiger partial charge in [0.15, 0.2) is 5.76 Å². The first-order chi connectivity index (χ1) is 5.18. The van der Waals surface area contributed by atoms with Crippen molar-refractivity contribution in [2.24, 2.45) is 0 Å². The molecule has 2 rings (SSSR count). The number of halogens is 1. The Morgan fingerprint density at radius 3 is 3.00 bits per heavy atom. The summed E-state index contributed by atoms with van der Waals surface area (Å²) in [7, 11) is 0. The molecule has 0 aliphatic heterocycles. The van der Waals surface area contributed by atoms with Crippen LogP contribution in [0.15, 0.2) is 10.5 Å². The van der Waals surface area contributed by atoms with Crippen molar-refractivity contribution in [1.29, 1.82) is 0 Å². The van der Waals surface area contributed by atoms with Gasteiger partial charge in [0, 0.05) is 16.5 Å². The van der Waals surface area contributed by atoms with Crippen LogP contribution in [-0.2, 0) is 0 Å². The van der Waals surface area contributed by atoms with E-state index in [1.54, 1.807) is 0 Å². The smallest absolute Gasteiger partial charge is 0.279 e. The van der Waals surface area contributed by atoms with Gasteiger partial charge in [0.05, 0.1) is 6.42 Å². The highest BCUT2D eigenvalue weighted by molar-refractivity contribution is 7.81. The lowest BCUT2D eigenvalue weighted by Gasteiger charge is -1.82. The lowest BCUT2D eigenvalue weighted by Crippen LogP contribution is -1.91. The molecule has 4 heteroatoms. The van der Waals surface area contributed by atoms with Crippen molar-refractivity contribution in [3.63, 3.8) is 0 Å². The maximum atomic E-state index is 12.4. The van der Waals surface area contributed by atoms with Gasteiger partial charge in [0.2, 0.25) is 5.78 Å². The number of Topliss-reactive ketones (excluding diaryl/α,β-unsaturated/α-hetero) is 1. The van der Waals surface area contributed by atoms with Gasteiger partial charge in [-0.2, -0.15) is 4.39 Å². The summed E-state index contributed by atoms with van der Waals surface area (Å²) in [5, 5.41) is 0. The van der Waals surface area contributed by atoms with Crippen LogP contribution >= 0.6 is 12.2 Å². The summed E-state index contributed by atoms with van der Waals surface area (Å²) >= 11 is 4.82. The molecule has 1 aliphatic rings. The lowest BCUT2D eigenvalue weighted by molar-refractivity contribution is 0.0972. The van der Waals surface area contributed by atoms with E-state index >= 15 is 0 Å². The molecular formula is C7H3FO2S. The van der Waals surface area contributed by atoms with E-state index < -0.39 is 6.01 Å². The van der Waals surface area contributed by atoms with E-state index in [1.165, 1.54) is 0 Å². The molecule has 0 radical (unpaired) electrons. The molecule has 1 aromatic heterocycles. The Hall–Kier alpha value is -1.03. The Morgan fingerprint density at radius 1 is 1.64 bits per heavy atom. The fourth-order valence-electron chi connectivity index (χ4n) is 1.10. The second-order valence-corrected chi connectivity index (χ2v) is 2.81. The van der Waals surface area contributed by atoms with Crippen molar-refractivity contribution in [1.82, 2.24) is 0 Å². The minimum Gasteiger partial charge on any atom is -0.427 e. The van der Waals surface area contributed by atoms with Crippen LogP contribution in [0.25, 0.3) is 0 Å². The molecule has 0 atom stereocenters. The van der Waals surface area contributed by atoms with Gasteiger partial charge in [0.1, 0.15) is 0 Å². The summed E-state index contributed by atoms with van der Waals surface area (Å²) in [4.78, 5) is 11.4. The third-order valence-electron chi connectivity index (χ3n) is 1.58. The van der Waals surface area contributed by atoms with Crippen molar-refractivity contribution in [3.05, 3.63) is 23.4 Å². The Labute approximate surface area is 67.0 Å². The SMILES string of the molecule is O=C1CC(=S)c2cc(F)oc21. The second-order valence-electron chi connectivity index (χ2n) is 2.32. The molecule has 1 aromatic rings. The first-order valence-corrected chi connectivity index (χ1v) is 3.45. The van der Waals surface area contributed by atoms with Gasteiger partial charge in [-0.15, -0.1) is 0 Å². The summed E-state index contributed by atoms with van der Waals surface area (Å²) in [6.45, 7) is 0. The summed E-state index contributed by atoms with van der Waals surface area (Å²) in [6.07, 6.45) is 0.184. The molecule has 0 spiro atoms. The number of hydrogen-bond donors (Lipinski definition) is 0. The zero-order chi connectivity index (χ0) is 8.01. The van der Waals surface area contributed by atoms with Crippen LogP contribution in [0.4, 0.5) is 4.39 Å². The molecule has 0 saturated carbocycles. The molecule has 1 aliphatic carbocycles. The monoisotopic (exact) mass is 170 g/mol. The van der Waals surface area contributed by atoms with Crippen LogP contribution in [0.5, 0.6) is 0 Å². The second kappa shape index (κ2) is 1.98. The normalized spacial score (nSPS) is 15.7. The molecule has 0 bridgehead atoms. The summed E-state index contributed by atoms with van der Waals surface area (Å²) in [6, 6.07) is 0.410. The molecule has 11 heavy (non-hydrogen) atoms. The minimum atomic E-state index is -0.745. The van der Waals surface area contributed by atoms with Gasteiger partial charge in [-0.1, -0.05) is 12.2 Å². The molecule has 0 unspecified atom stereocenters. The zero-order valence-corrected chi connectivity index (χ0v) is 6.20. The van der Waals surface area contributed by atoms with Gasteiger partial charge >= 0.3 is 0 Å². The van der Waals surface area contributed by atoms with Crippen molar-refractivity contribution in [3.8, 4) is 0 Å². The largest absolute Gasteiger partial charge is 0.427 e. The first-order valence-electron chi connectivity index (χ1n) is 3.04. The van der Waals surface area contributed by atoms with Crippen molar-refractivity contribution in [2.45, 2.75) is 6.42 Å². The van der Waals surface area contributed by atoms with Crippen molar-refractivity contribution >= 4 is 22.9 Å². The van der Waals surface area contributed by atoms with Crippen LogP contribution < -0.4 is 0 Å². The van der Waals surface area contributed by atoms with Gasteiger partial charge in [-0.3, -0.25) is 4.79 Å². The lowest BCUT2D eigenvalue weighted by atomic mass is 10.3. The van der Waals surface area contributed by atoms with Crippen LogP contribution in [0.3, 0.4) is 0 Å². The quantitative estimate of drug-likeness (QED) is 0.555. The molecule has 0 saturated heterocycles. The van der Waals surface area contributed by atoms with E-state index in [0.717, 1.165) is 6.07 Å². The number of rotatable bonds is 0. The molecule has 2 nitrogen and oxygen atoms in total. The average Bonchev–Trinajstić information content (AvgIpc) is 2.38. The predicted octanol–water partition coefficient (Wildman–Crippen LogP) is 1.72. The van der Waals surface area contributed by atoms with Crippen molar-refractivity contribution < 1.29 is 13.6 Å². The van der Waals surface area contributed by atoms with E-state index in [-0.39, 0.29) is 18.0 Å². The summed E-state index contributed by atoms with van der Waals surface area (Å²) in [5.41, 5.74) is 0.447. The number of thiocarbonyl (C=S) groups is 1. The molecule has 0 amide bonds. The highest BCUT2D eigenvalue weighted by Gasteiger charge is 2.29. The van der Waals surface area contributed by atoms with Gasteiger partial charge in [-0.05, 0) is 0 Å². The zero-order valence-electron chi connectivity index (χ0n) is 5.39. The van der Waals surface area contributed by atoms with Gasteiger partial charge < -0.3 is 4.42 Å². The number of furan rings is 1. The third kappa shape index (κ3) is 0.826. The van der Waals surface area contributed by atoms with Gasteiger partial charge in [0.25, 0.3) is 6.01 Å². The number of carbonyl (C=O) groups excluding carboxylic acids is 1. The van der Waals surface area contributed by atoms with Crippen LogP contribution in [0, 0.1) is 6.01 Å². The van der Waals surface area contributed by atoms with E-state index in [2.05, 4.69) is 4.42 Å². The van der Waals surface area contributed by atoms with E-state index in [4.69, 9.17) is 12.2 Å². The molecular weight excluding hydrogens is 167 g/mol. The first kappa shape index (κ1) is 6.67. The molecule has 0 N–H and O–H groups in total. The molecule has 56 valence electrons. The predicted molar refractivity (Wildman–Crippen MR) is 39.3 cm³/mol. The Kier molecular flexibility index (Phi) is 1.20. The summed E-state index contributed by atoms with van der Waals surface area (Å²) in [5.74, 6) is -0.151. The topological polar surface area (TPSA) is 30.2 Å². The maximum Gasteiger partial charge on any atom is 0.279 e. The van der Waals surface area contributed by atoms with E-state index in [1.807, 2.05) is 0 Å². The number of fused-ring (bicyclic) bond motifs is 1. The maximum absolute atomic E-state index is 12.4. The van der Waals surface area contributed by atoms with Crippen LogP contribution in [0.2, 0.25) is 0 Å². The number of ketones is 1. The van der Waals surface area contributed by atoms with Gasteiger partial charge in [-0.25, -0.2) is 0 Å².